The van der Waals surface area contributed by atoms with Gasteiger partial charge in [-0.2, -0.15) is 0 Å². The van der Waals surface area contributed by atoms with E-state index in [2.05, 4.69) is 9.97 Å². The number of aromatic amines is 1. The molecule has 0 radical (unpaired) electrons. The monoisotopic (exact) mass is 329 g/mol. The third kappa shape index (κ3) is 2.32. The summed E-state index contributed by atoms with van der Waals surface area (Å²) >= 11 is 1.88. The third-order valence-electron chi connectivity index (χ3n) is 1.84. The molecule has 1 aromatic carbocycles. The summed E-state index contributed by atoms with van der Waals surface area (Å²) in [5.74, 6) is 0.825. The van der Waals surface area contributed by atoms with E-state index in [4.69, 9.17) is 10.5 Å². The zero-order valence-electron chi connectivity index (χ0n) is 8.11. The lowest BCUT2D eigenvalue weighted by atomic mass is 10.3. The Bertz CT molecular complexity index is 568. The maximum absolute atomic E-state index is 11.3. The Hall–Kier alpha value is -1.57. The molecule has 16 heavy (non-hydrogen) atoms. The fourth-order valence-corrected chi connectivity index (χ4v) is 1.53. The molecule has 0 saturated heterocycles. The molecular weight excluding hydrogens is 321 g/mol. The average molecular weight is 329 g/mol. The van der Waals surface area contributed by atoms with Crippen LogP contribution in [-0.4, -0.2) is 9.97 Å². The average Bonchev–Trinajstić information content (AvgIpc) is 2.25. The van der Waals surface area contributed by atoms with E-state index in [9.17, 15) is 4.79 Å². The highest BCUT2D eigenvalue weighted by atomic mass is 127. The number of nitrogens with one attached hydrogen (secondary N) is 1. The number of hydrogen-bond acceptors (Lipinski definition) is 4. The van der Waals surface area contributed by atoms with Gasteiger partial charge in [-0.3, -0.25) is 4.79 Å². The van der Waals surface area contributed by atoms with E-state index >= 15 is 0 Å². The molecule has 0 aliphatic carbocycles. The Kier molecular flexibility index (Phi) is 3.09. The second-order valence-corrected chi connectivity index (χ2v) is 4.10. The van der Waals surface area contributed by atoms with E-state index in [0.29, 0.717) is 15.0 Å². The van der Waals surface area contributed by atoms with Gasteiger partial charge in [0.05, 0.1) is 6.33 Å². The normalized spacial score (nSPS) is 10.1. The zero-order valence-corrected chi connectivity index (χ0v) is 10.3. The van der Waals surface area contributed by atoms with E-state index in [1.807, 2.05) is 22.6 Å². The molecule has 1 heterocycles. The molecule has 2 aromatic rings. The Balaban J connectivity index is 2.34. The van der Waals surface area contributed by atoms with Gasteiger partial charge < -0.3 is 15.5 Å². The van der Waals surface area contributed by atoms with Gasteiger partial charge in [-0.1, -0.05) is 6.07 Å². The van der Waals surface area contributed by atoms with Crippen LogP contribution in [0.4, 0.5) is 5.69 Å². The lowest BCUT2D eigenvalue weighted by molar-refractivity contribution is 0.456. The number of rotatable bonds is 2. The Morgan fingerprint density at radius 3 is 3.00 bits per heavy atom. The maximum Gasteiger partial charge on any atom is 0.268 e. The quantitative estimate of drug-likeness (QED) is 0.650. The van der Waals surface area contributed by atoms with Crippen LogP contribution in [0.1, 0.15) is 0 Å². The molecule has 1 aromatic heterocycles. The fraction of sp³-hybridized carbons (Fsp3) is 0. The summed E-state index contributed by atoms with van der Waals surface area (Å²) in [7, 11) is 0. The molecule has 0 aliphatic rings. The predicted molar refractivity (Wildman–Crippen MR) is 68.5 cm³/mol. The molecule has 0 saturated carbocycles. The number of nitrogens with two attached hydrogens (primary N) is 1. The van der Waals surface area contributed by atoms with Crippen molar-refractivity contribution in [3.05, 3.63) is 44.5 Å². The van der Waals surface area contributed by atoms with Crippen LogP contribution in [0.3, 0.4) is 0 Å². The molecule has 0 spiro atoms. The molecule has 0 bridgehead atoms. The highest BCUT2D eigenvalue weighted by Crippen LogP contribution is 2.23. The Labute approximate surface area is 105 Å². The number of nitrogens with zero attached hydrogens (tertiary/aromatic N) is 1. The van der Waals surface area contributed by atoms with Crippen LogP contribution in [0.2, 0.25) is 0 Å². The van der Waals surface area contributed by atoms with Crippen molar-refractivity contribution in [2.45, 2.75) is 0 Å². The molecule has 0 amide bonds. The maximum atomic E-state index is 11.3. The number of H-pyrrole nitrogens is 1. The number of hydrogen-bond donors (Lipinski definition) is 2. The largest absolute Gasteiger partial charge is 0.438 e. The van der Waals surface area contributed by atoms with Gasteiger partial charge in [0.15, 0.2) is 0 Å². The summed E-state index contributed by atoms with van der Waals surface area (Å²) in [4.78, 5) is 17.7. The standard InChI is InChI=1S/C10H8IN3O2/c11-8-9(15)13-5-14-10(8)16-7-3-1-2-6(12)4-7/h1-5H,12H2,(H,13,14,15). The van der Waals surface area contributed by atoms with Crippen molar-refractivity contribution < 1.29 is 4.74 Å². The second kappa shape index (κ2) is 4.52. The second-order valence-electron chi connectivity index (χ2n) is 3.03. The summed E-state index contributed by atoms with van der Waals surface area (Å²) in [5, 5.41) is 0. The molecule has 0 atom stereocenters. The number of nitrogen functional groups attached to an aromatic ring is 1. The fourth-order valence-electron chi connectivity index (χ4n) is 1.13. The van der Waals surface area contributed by atoms with Crippen molar-refractivity contribution in [3.8, 4) is 11.6 Å². The SMILES string of the molecule is Nc1cccc(Oc2nc[nH]c(=O)c2I)c1. The minimum absolute atomic E-state index is 0.227. The molecule has 82 valence electrons. The van der Waals surface area contributed by atoms with Crippen molar-refractivity contribution >= 4 is 28.3 Å². The van der Waals surface area contributed by atoms with Crippen LogP contribution in [-0.2, 0) is 0 Å². The number of ether oxygens (including phenoxy) is 1. The first-order valence-corrected chi connectivity index (χ1v) is 5.51. The molecule has 0 unspecified atom stereocenters. The molecular formula is C10H8IN3O2. The van der Waals surface area contributed by atoms with Crippen LogP contribution in [0, 0.1) is 3.57 Å². The number of benzene rings is 1. The topological polar surface area (TPSA) is 81.0 Å². The molecule has 2 rings (SSSR count). The lowest BCUT2D eigenvalue weighted by Gasteiger charge is -2.05. The van der Waals surface area contributed by atoms with E-state index in [1.54, 1.807) is 24.3 Å². The lowest BCUT2D eigenvalue weighted by Crippen LogP contribution is -2.11. The third-order valence-corrected chi connectivity index (χ3v) is 2.79. The highest BCUT2D eigenvalue weighted by Gasteiger charge is 2.07. The Morgan fingerprint density at radius 2 is 2.25 bits per heavy atom. The minimum Gasteiger partial charge on any atom is -0.438 e. The van der Waals surface area contributed by atoms with E-state index < -0.39 is 0 Å². The summed E-state index contributed by atoms with van der Waals surface area (Å²) in [6, 6.07) is 6.93. The summed E-state index contributed by atoms with van der Waals surface area (Å²) in [5.41, 5.74) is 5.98. The van der Waals surface area contributed by atoms with Gasteiger partial charge in [-0.25, -0.2) is 4.98 Å². The molecule has 0 aliphatic heterocycles. The summed E-state index contributed by atoms with van der Waals surface area (Å²) < 4.78 is 5.86. The first kappa shape index (κ1) is 10.9. The summed E-state index contributed by atoms with van der Waals surface area (Å²) in [6.45, 7) is 0. The van der Waals surface area contributed by atoms with Gasteiger partial charge in [0, 0.05) is 11.8 Å². The van der Waals surface area contributed by atoms with Crippen LogP contribution in [0.15, 0.2) is 35.4 Å². The van der Waals surface area contributed by atoms with Crippen molar-refractivity contribution in [2.75, 3.05) is 5.73 Å². The van der Waals surface area contributed by atoms with E-state index in [0.717, 1.165) is 0 Å². The van der Waals surface area contributed by atoms with E-state index in [-0.39, 0.29) is 11.4 Å². The highest BCUT2D eigenvalue weighted by molar-refractivity contribution is 14.1. The minimum atomic E-state index is -0.227. The van der Waals surface area contributed by atoms with Gasteiger partial charge in [0.1, 0.15) is 9.32 Å². The van der Waals surface area contributed by atoms with Crippen LogP contribution >= 0.6 is 22.6 Å². The van der Waals surface area contributed by atoms with E-state index in [1.165, 1.54) is 6.33 Å². The molecule has 3 N–H and O–H groups in total. The van der Waals surface area contributed by atoms with Crippen molar-refractivity contribution in [1.82, 2.24) is 9.97 Å². The van der Waals surface area contributed by atoms with Gasteiger partial charge in [-0.05, 0) is 34.7 Å². The number of halogens is 1. The van der Waals surface area contributed by atoms with Gasteiger partial charge in [0.25, 0.3) is 5.56 Å². The summed E-state index contributed by atoms with van der Waals surface area (Å²) in [6.07, 6.45) is 1.30. The predicted octanol–water partition coefficient (Wildman–Crippen LogP) is 1.75. The van der Waals surface area contributed by atoms with Crippen LogP contribution in [0.5, 0.6) is 11.6 Å². The van der Waals surface area contributed by atoms with Crippen molar-refractivity contribution in [3.63, 3.8) is 0 Å². The zero-order chi connectivity index (χ0) is 11.5. The van der Waals surface area contributed by atoms with Gasteiger partial charge >= 0.3 is 0 Å². The van der Waals surface area contributed by atoms with Crippen LogP contribution in [0.25, 0.3) is 0 Å². The van der Waals surface area contributed by atoms with Gasteiger partial charge in [-0.15, -0.1) is 0 Å². The first-order valence-electron chi connectivity index (χ1n) is 4.43. The molecule has 0 fully saturated rings. The first-order chi connectivity index (χ1) is 7.66. The number of anilines is 1. The van der Waals surface area contributed by atoms with Crippen molar-refractivity contribution in [1.29, 1.82) is 0 Å². The van der Waals surface area contributed by atoms with Crippen molar-refractivity contribution in [2.24, 2.45) is 0 Å². The molecule has 5 nitrogen and oxygen atoms in total. The molecule has 6 heteroatoms. The Morgan fingerprint density at radius 1 is 1.44 bits per heavy atom. The van der Waals surface area contributed by atoms with Gasteiger partial charge in [0.2, 0.25) is 5.88 Å². The smallest absolute Gasteiger partial charge is 0.268 e. The van der Waals surface area contributed by atoms with Crippen LogP contribution < -0.4 is 16.0 Å². The number of aromatic nitrogens is 2.